The van der Waals surface area contributed by atoms with Crippen LogP contribution in [0.15, 0.2) is 164 Å². The van der Waals surface area contributed by atoms with Crippen molar-refractivity contribution in [1.82, 2.24) is 15.0 Å². The van der Waals surface area contributed by atoms with Crippen molar-refractivity contribution in [3.63, 3.8) is 0 Å². The predicted molar refractivity (Wildman–Crippen MR) is 200 cm³/mol. The van der Waals surface area contributed by atoms with Gasteiger partial charge in [0.1, 0.15) is 0 Å². The van der Waals surface area contributed by atoms with E-state index in [-0.39, 0.29) is 0 Å². The van der Waals surface area contributed by atoms with E-state index in [4.69, 9.17) is 15.0 Å². The largest absolute Gasteiger partial charge is 0.208 e. The summed E-state index contributed by atoms with van der Waals surface area (Å²) in [5, 5.41) is 22.2. The van der Waals surface area contributed by atoms with Crippen LogP contribution in [-0.4, -0.2) is 15.0 Å². The first kappa shape index (κ1) is 29.9. The molecule has 9 rings (SSSR count). The Bertz CT molecular complexity index is 2620. The van der Waals surface area contributed by atoms with Crippen molar-refractivity contribution in [2.24, 2.45) is 0 Å². The highest BCUT2D eigenvalue weighted by atomic mass is 15.0. The second-order valence-electron chi connectivity index (χ2n) is 12.7. The molecule has 5 heteroatoms. The third-order valence-corrected chi connectivity index (χ3v) is 9.79. The Morgan fingerprint density at radius 3 is 1.55 bits per heavy atom. The van der Waals surface area contributed by atoms with Crippen molar-refractivity contribution in [1.29, 1.82) is 10.5 Å². The Labute approximate surface area is 295 Å². The van der Waals surface area contributed by atoms with E-state index in [1.807, 2.05) is 91.0 Å². The van der Waals surface area contributed by atoms with Crippen molar-refractivity contribution in [3.8, 4) is 57.4 Å². The summed E-state index contributed by atoms with van der Waals surface area (Å²) in [5.74, 6) is 1.80. The molecule has 0 amide bonds. The quantitative estimate of drug-likeness (QED) is 0.185. The van der Waals surface area contributed by atoms with Gasteiger partial charge in [-0.15, -0.1) is 0 Å². The van der Waals surface area contributed by atoms with Crippen molar-refractivity contribution < 1.29 is 0 Å². The van der Waals surface area contributed by atoms with E-state index in [1.54, 1.807) is 6.07 Å². The molecule has 7 aromatic carbocycles. The average Bonchev–Trinajstić information content (AvgIpc) is 3.50. The highest BCUT2D eigenvalue weighted by Gasteiger charge is 2.46. The van der Waals surface area contributed by atoms with Crippen LogP contribution < -0.4 is 0 Å². The molecule has 0 bridgehead atoms. The standard InChI is InChI=1S/C46H27N5/c47-28-30-22-31(29-48)24-38(23-30)46(37-16-8-3-9-17-37)41-19-11-10-18-39(41)40-26-34-20-21-35(25-36(34)27-42(40)46)45-50-43(32-12-4-1-5-13-32)49-44(51-45)33-14-6-2-7-15-33/h1-27H. The highest BCUT2D eigenvalue weighted by Crippen LogP contribution is 2.57. The monoisotopic (exact) mass is 649 g/mol. The Hall–Kier alpha value is -7.21. The molecule has 0 saturated carbocycles. The molecule has 0 fully saturated rings. The minimum Gasteiger partial charge on any atom is -0.208 e. The van der Waals surface area contributed by atoms with E-state index in [0.717, 1.165) is 60.8 Å². The normalized spacial score (nSPS) is 14.3. The van der Waals surface area contributed by atoms with Crippen LogP contribution in [0.2, 0.25) is 0 Å². The van der Waals surface area contributed by atoms with E-state index < -0.39 is 5.41 Å². The lowest BCUT2D eigenvalue weighted by Gasteiger charge is -2.34. The minimum absolute atomic E-state index is 0.451. The van der Waals surface area contributed by atoms with Gasteiger partial charge in [-0.3, -0.25) is 0 Å². The first-order valence-corrected chi connectivity index (χ1v) is 16.7. The van der Waals surface area contributed by atoms with Gasteiger partial charge in [-0.05, 0) is 80.6 Å². The molecule has 0 N–H and O–H groups in total. The molecule has 236 valence electrons. The molecule has 1 aliphatic carbocycles. The van der Waals surface area contributed by atoms with Gasteiger partial charge in [-0.25, -0.2) is 15.0 Å². The summed E-state index contributed by atoms with van der Waals surface area (Å²) >= 11 is 0. The molecule has 1 atom stereocenters. The SMILES string of the molecule is N#Cc1cc(C#N)cc(C2(c3ccccc3)c3ccccc3-c3cc4ccc(-c5nc(-c6ccccc6)nc(-c6ccccc6)n5)cc4cc32)c1. The van der Waals surface area contributed by atoms with Crippen molar-refractivity contribution in [3.05, 3.63) is 197 Å². The fraction of sp³-hybridized carbons (Fsp3) is 0.0217. The average molecular weight is 650 g/mol. The van der Waals surface area contributed by atoms with Gasteiger partial charge in [0.2, 0.25) is 0 Å². The van der Waals surface area contributed by atoms with Gasteiger partial charge in [0.25, 0.3) is 0 Å². The van der Waals surface area contributed by atoms with Crippen molar-refractivity contribution in [2.75, 3.05) is 0 Å². The second-order valence-corrected chi connectivity index (χ2v) is 12.7. The van der Waals surface area contributed by atoms with E-state index >= 15 is 0 Å². The summed E-state index contributed by atoms with van der Waals surface area (Å²) < 4.78 is 0. The molecule has 1 heterocycles. The van der Waals surface area contributed by atoms with Crippen LogP contribution in [0.5, 0.6) is 0 Å². The topological polar surface area (TPSA) is 86.2 Å². The Morgan fingerprint density at radius 2 is 0.941 bits per heavy atom. The van der Waals surface area contributed by atoms with Gasteiger partial charge in [0, 0.05) is 16.7 Å². The van der Waals surface area contributed by atoms with Gasteiger partial charge in [0.05, 0.1) is 28.7 Å². The van der Waals surface area contributed by atoms with Crippen LogP contribution in [0.1, 0.15) is 33.4 Å². The zero-order valence-electron chi connectivity index (χ0n) is 27.3. The summed E-state index contributed by atoms with van der Waals surface area (Å²) in [7, 11) is 0. The Morgan fingerprint density at radius 1 is 0.392 bits per heavy atom. The molecule has 0 aliphatic heterocycles. The zero-order valence-corrected chi connectivity index (χ0v) is 27.3. The molecule has 1 aromatic heterocycles. The molecule has 5 nitrogen and oxygen atoms in total. The molecule has 0 radical (unpaired) electrons. The van der Waals surface area contributed by atoms with Crippen LogP contribution in [0, 0.1) is 22.7 Å². The molecule has 0 spiro atoms. The van der Waals surface area contributed by atoms with Crippen molar-refractivity contribution >= 4 is 10.8 Å². The number of rotatable bonds is 5. The molecule has 0 saturated heterocycles. The predicted octanol–water partition coefficient (Wildman–Crippen LogP) is 10.1. The van der Waals surface area contributed by atoms with Gasteiger partial charge in [-0.2, -0.15) is 10.5 Å². The van der Waals surface area contributed by atoms with Crippen LogP contribution in [0.4, 0.5) is 0 Å². The summed E-state index contributed by atoms with van der Waals surface area (Å²) in [6.07, 6.45) is 0. The van der Waals surface area contributed by atoms with Gasteiger partial charge >= 0.3 is 0 Å². The Balaban J connectivity index is 1.31. The van der Waals surface area contributed by atoms with E-state index in [1.165, 1.54) is 0 Å². The molecule has 1 unspecified atom stereocenters. The van der Waals surface area contributed by atoms with Crippen LogP contribution in [0.3, 0.4) is 0 Å². The number of benzene rings is 7. The van der Waals surface area contributed by atoms with Crippen LogP contribution in [0.25, 0.3) is 56.1 Å². The lowest BCUT2D eigenvalue weighted by atomic mass is 9.67. The maximum absolute atomic E-state index is 10.1. The second kappa shape index (κ2) is 12.0. The fourth-order valence-corrected chi connectivity index (χ4v) is 7.55. The highest BCUT2D eigenvalue weighted by molar-refractivity contribution is 5.97. The number of fused-ring (bicyclic) bond motifs is 4. The Kier molecular flexibility index (Phi) is 7.06. The summed E-state index contributed by atoms with van der Waals surface area (Å²) in [6, 6.07) is 59.8. The van der Waals surface area contributed by atoms with Crippen molar-refractivity contribution in [2.45, 2.75) is 5.41 Å². The lowest BCUT2D eigenvalue weighted by molar-refractivity contribution is 0.768. The zero-order chi connectivity index (χ0) is 34.4. The van der Waals surface area contributed by atoms with Gasteiger partial charge < -0.3 is 0 Å². The minimum atomic E-state index is -0.774. The number of aromatic nitrogens is 3. The van der Waals surface area contributed by atoms with E-state index in [0.29, 0.717) is 28.6 Å². The molecular weight excluding hydrogens is 623 g/mol. The number of nitriles is 2. The fourth-order valence-electron chi connectivity index (χ4n) is 7.55. The first-order chi connectivity index (χ1) is 25.1. The lowest BCUT2D eigenvalue weighted by Crippen LogP contribution is -2.28. The van der Waals surface area contributed by atoms with E-state index in [9.17, 15) is 10.5 Å². The number of hydrogen-bond donors (Lipinski definition) is 0. The third-order valence-electron chi connectivity index (χ3n) is 9.79. The first-order valence-electron chi connectivity index (χ1n) is 16.7. The number of hydrogen-bond acceptors (Lipinski definition) is 5. The maximum atomic E-state index is 10.1. The van der Waals surface area contributed by atoms with Gasteiger partial charge in [0.15, 0.2) is 17.5 Å². The molecule has 1 aliphatic rings. The van der Waals surface area contributed by atoms with Gasteiger partial charge in [-0.1, -0.05) is 127 Å². The third kappa shape index (κ3) is 4.88. The summed E-state index contributed by atoms with van der Waals surface area (Å²) in [5.41, 5.74) is 9.21. The summed E-state index contributed by atoms with van der Waals surface area (Å²) in [6.45, 7) is 0. The molecular formula is C46H27N5. The van der Waals surface area contributed by atoms with Crippen LogP contribution in [-0.2, 0) is 5.41 Å². The molecule has 8 aromatic rings. The maximum Gasteiger partial charge on any atom is 0.164 e. The number of nitrogens with zero attached hydrogens (tertiary/aromatic N) is 5. The summed E-state index contributed by atoms with van der Waals surface area (Å²) in [4.78, 5) is 14.9. The van der Waals surface area contributed by atoms with Crippen LogP contribution >= 0.6 is 0 Å². The van der Waals surface area contributed by atoms with E-state index in [2.05, 4.69) is 78.9 Å². The molecule has 51 heavy (non-hydrogen) atoms. The smallest absolute Gasteiger partial charge is 0.164 e.